The standard InChI is InChI=1S/C4H11N3O/c1-6-4(7-8)2-3-5/h4,6H,2-3,5H2,1H3. The normalized spacial score (nSPS) is 13.2. The lowest BCUT2D eigenvalue weighted by Crippen LogP contribution is -2.25. The lowest BCUT2D eigenvalue weighted by atomic mass is 10.3. The minimum atomic E-state index is -0.306. The van der Waals surface area contributed by atoms with E-state index in [9.17, 15) is 4.91 Å². The summed E-state index contributed by atoms with van der Waals surface area (Å²) < 4.78 is 0. The average molecular weight is 117 g/mol. The van der Waals surface area contributed by atoms with Crippen molar-refractivity contribution in [3.05, 3.63) is 4.91 Å². The van der Waals surface area contributed by atoms with Gasteiger partial charge in [-0.05, 0) is 20.0 Å². The van der Waals surface area contributed by atoms with Crippen molar-refractivity contribution in [2.45, 2.75) is 12.6 Å². The van der Waals surface area contributed by atoms with Crippen LogP contribution in [0.1, 0.15) is 6.42 Å². The molecular weight excluding hydrogens is 106 g/mol. The van der Waals surface area contributed by atoms with Gasteiger partial charge in [0.2, 0.25) is 0 Å². The van der Waals surface area contributed by atoms with Crippen molar-refractivity contribution in [2.75, 3.05) is 13.6 Å². The van der Waals surface area contributed by atoms with Gasteiger partial charge in [0, 0.05) is 0 Å². The van der Waals surface area contributed by atoms with Crippen molar-refractivity contribution in [3.63, 3.8) is 0 Å². The van der Waals surface area contributed by atoms with E-state index in [0.29, 0.717) is 13.0 Å². The van der Waals surface area contributed by atoms with E-state index in [0.717, 1.165) is 0 Å². The monoisotopic (exact) mass is 117 g/mol. The Labute approximate surface area is 48.4 Å². The Morgan fingerprint density at radius 1 is 1.88 bits per heavy atom. The molecule has 0 saturated carbocycles. The molecule has 3 N–H and O–H groups in total. The third kappa shape index (κ3) is 2.65. The lowest BCUT2D eigenvalue weighted by molar-refractivity contribution is 0.547. The molecule has 0 aliphatic heterocycles. The molecule has 0 heterocycles. The predicted octanol–water partition coefficient (Wildman–Crippen LogP) is -0.353. The Bertz CT molecular complexity index is 66.3. The van der Waals surface area contributed by atoms with Crippen LogP contribution < -0.4 is 11.1 Å². The third-order valence-corrected chi connectivity index (χ3v) is 0.901. The van der Waals surface area contributed by atoms with Crippen LogP contribution in [0.4, 0.5) is 0 Å². The second-order valence-electron chi connectivity index (χ2n) is 1.49. The minimum Gasteiger partial charge on any atom is -0.330 e. The maximum Gasteiger partial charge on any atom is 0.143 e. The van der Waals surface area contributed by atoms with Crippen LogP contribution in [-0.4, -0.2) is 19.8 Å². The summed E-state index contributed by atoms with van der Waals surface area (Å²) in [7, 11) is 1.68. The first-order valence-electron chi connectivity index (χ1n) is 2.55. The van der Waals surface area contributed by atoms with Gasteiger partial charge in [-0.1, -0.05) is 5.18 Å². The molecule has 0 fully saturated rings. The molecule has 0 amide bonds. The van der Waals surface area contributed by atoms with E-state index in [1.54, 1.807) is 7.05 Å². The Hall–Kier alpha value is -0.480. The molecule has 0 aromatic carbocycles. The largest absolute Gasteiger partial charge is 0.330 e. The van der Waals surface area contributed by atoms with E-state index in [1.165, 1.54) is 0 Å². The molecule has 0 bridgehead atoms. The first-order valence-corrected chi connectivity index (χ1v) is 2.55. The summed E-state index contributed by atoms with van der Waals surface area (Å²) in [6.45, 7) is 0.497. The van der Waals surface area contributed by atoms with Crippen molar-refractivity contribution in [1.82, 2.24) is 5.32 Å². The molecule has 0 aliphatic rings. The fourth-order valence-corrected chi connectivity index (χ4v) is 0.408. The number of nitrogens with two attached hydrogens (primary N) is 1. The van der Waals surface area contributed by atoms with E-state index in [2.05, 4.69) is 10.5 Å². The van der Waals surface area contributed by atoms with Crippen molar-refractivity contribution in [2.24, 2.45) is 10.9 Å². The molecule has 0 radical (unpaired) electrons. The van der Waals surface area contributed by atoms with Gasteiger partial charge in [0.05, 0.1) is 0 Å². The van der Waals surface area contributed by atoms with Crippen LogP contribution >= 0.6 is 0 Å². The first kappa shape index (κ1) is 7.52. The SMILES string of the molecule is CNC(CCN)N=O. The van der Waals surface area contributed by atoms with E-state index in [4.69, 9.17) is 5.73 Å². The summed E-state index contributed by atoms with van der Waals surface area (Å²) >= 11 is 0. The average Bonchev–Trinajstić information content (AvgIpc) is 1.83. The van der Waals surface area contributed by atoms with E-state index < -0.39 is 0 Å². The van der Waals surface area contributed by atoms with E-state index in [1.807, 2.05) is 0 Å². The third-order valence-electron chi connectivity index (χ3n) is 0.901. The Morgan fingerprint density at radius 2 is 2.50 bits per heavy atom. The molecule has 0 aliphatic carbocycles. The molecule has 0 aromatic heterocycles. The quantitative estimate of drug-likeness (QED) is 0.494. The van der Waals surface area contributed by atoms with Crippen molar-refractivity contribution in [1.29, 1.82) is 0 Å². The van der Waals surface area contributed by atoms with Crippen LogP contribution in [0.25, 0.3) is 0 Å². The Kier molecular flexibility index (Phi) is 4.39. The first-order chi connectivity index (χ1) is 3.85. The summed E-state index contributed by atoms with van der Waals surface area (Å²) in [6, 6.07) is 0. The molecule has 8 heavy (non-hydrogen) atoms. The summed E-state index contributed by atoms with van der Waals surface area (Å²) in [5.41, 5.74) is 5.14. The molecular formula is C4H11N3O. The van der Waals surface area contributed by atoms with Gasteiger partial charge in [-0.3, -0.25) is 5.32 Å². The zero-order valence-electron chi connectivity index (χ0n) is 4.92. The number of hydrogen-bond acceptors (Lipinski definition) is 4. The molecule has 1 atom stereocenters. The van der Waals surface area contributed by atoms with Crippen LogP contribution in [0.3, 0.4) is 0 Å². The molecule has 48 valence electrons. The number of hydrogen-bond donors (Lipinski definition) is 2. The predicted molar refractivity (Wildman–Crippen MR) is 32.3 cm³/mol. The van der Waals surface area contributed by atoms with Gasteiger partial charge in [0.25, 0.3) is 0 Å². The highest BCUT2D eigenvalue weighted by Crippen LogP contribution is 1.87. The summed E-state index contributed by atoms with van der Waals surface area (Å²) in [6.07, 6.45) is 0.306. The highest BCUT2D eigenvalue weighted by atomic mass is 16.3. The topological polar surface area (TPSA) is 67.5 Å². The molecule has 0 aromatic rings. The minimum absolute atomic E-state index is 0.306. The summed E-state index contributed by atoms with van der Waals surface area (Å²) in [5, 5.41) is 5.45. The number of rotatable bonds is 4. The highest BCUT2D eigenvalue weighted by Gasteiger charge is 2.00. The lowest BCUT2D eigenvalue weighted by Gasteiger charge is -2.02. The van der Waals surface area contributed by atoms with Crippen molar-refractivity contribution in [3.8, 4) is 0 Å². The van der Waals surface area contributed by atoms with E-state index >= 15 is 0 Å². The Morgan fingerprint density at radius 3 is 2.62 bits per heavy atom. The fourth-order valence-electron chi connectivity index (χ4n) is 0.408. The van der Waals surface area contributed by atoms with Gasteiger partial charge in [0.15, 0.2) is 0 Å². The maximum absolute atomic E-state index is 9.76. The van der Waals surface area contributed by atoms with Crippen LogP contribution in [0.5, 0.6) is 0 Å². The zero-order valence-corrected chi connectivity index (χ0v) is 4.92. The van der Waals surface area contributed by atoms with Crippen LogP contribution in [0.2, 0.25) is 0 Å². The number of nitrogens with one attached hydrogen (secondary N) is 1. The van der Waals surface area contributed by atoms with Crippen molar-refractivity contribution < 1.29 is 0 Å². The molecule has 0 spiro atoms. The molecule has 1 unspecified atom stereocenters. The number of nitrogens with zero attached hydrogens (tertiary/aromatic N) is 1. The second-order valence-corrected chi connectivity index (χ2v) is 1.49. The summed E-state index contributed by atoms with van der Waals surface area (Å²) in [4.78, 5) is 9.76. The van der Waals surface area contributed by atoms with Gasteiger partial charge in [-0.25, -0.2) is 0 Å². The van der Waals surface area contributed by atoms with Crippen LogP contribution in [-0.2, 0) is 0 Å². The second kappa shape index (κ2) is 4.67. The van der Waals surface area contributed by atoms with Gasteiger partial charge in [0.1, 0.15) is 6.17 Å². The Balaban J connectivity index is 3.21. The smallest absolute Gasteiger partial charge is 0.143 e. The molecule has 0 saturated heterocycles. The van der Waals surface area contributed by atoms with Crippen molar-refractivity contribution >= 4 is 0 Å². The zero-order chi connectivity index (χ0) is 6.41. The van der Waals surface area contributed by atoms with Gasteiger partial charge < -0.3 is 5.73 Å². The van der Waals surface area contributed by atoms with E-state index in [-0.39, 0.29) is 6.17 Å². The molecule has 4 heteroatoms. The van der Waals surface area contributed by atoms with Gasteiger partial charge in [-0.15, -0.1) is 4.91 Å². The van der Waals surface area contributed by atoms with Crippen LogP contribution in [0.15, 0.2) is 5.18 Å². The fraction of sp³-hybridized carbons (Fsp3) is 1.00. The summed E-state index contributed by atoms with van der Waals surface area (Å²) in [5.74, 6) is 0. The highest BCUT2D eigenvalue weighted by molar-refractivity contribution is 4.58. The maximum atomic E-state index is 9.76. The van der Waals surface area contributed by atoms with Crippen LogP contribution in [0, 0.1) is 4.91 Å². The van der Waals surface area contributed by atoms with Gasteiger partial charge in [-0.2, -0.15) is 0 Å². The number of nitroso groups, excluding NO2 is 1. The molecule has 0 rings (SSSR count). The molecule has 4 nitrogen and oxygen atoms in total. The van der Waals surface area contributed by atoms with Gasteiger partial charge >= 0.3 is 0 Å².